The smallest absolute Gasteiger partial charge is 0.321 e. The summed E-state index contributed by atoms with van der Waals surface area (Å²) in [6.07, 6.45) is 2.21. The number of anilines is 1. The Morgan fingerprint density at radius 2 is 2.25 bits per heavy atom. The summed E-state index contributed by atoms with van der Waals surface area (Å²) >= 11 is 1.39. The number of aromatic amines is 1. The van der Waals surface area contributed by atoms with Crippen molar-refractivity contribution < 1.29 is 14.0 Å². The van der Waals surface area contributed by atoms with Gasteiger partial charge in [-0.1, -0.05) is 11.3 Å². The summed E-state index contributed by atoms with van der Waals surface area (Å²) in [5.41, 5.74) is 1.92. The zero-order valence-electron chi connectivity index (χ0n) is 15.5. The van der Waals surface area contributed by atoms with Crippen LogP contribution < -0.4 is 10.6 Å². The molecule has 0 aromatic carbocycles. The van der Waals surface area contributed by atoms with E-state index < -0.39 is 0 Å². The highest BCUT2D eigenvalue weighted by Crippen LogP contribution is 2.29. The summed E-state index contributed by atoms with van der Waals surface area (Å²) in [5.74, 6) is 0.477. The van der Waals surface area contributed by atoms with Crippen molar-refractivity contribution in [3.05, 3.63) is 40.7 Å². The van der Waals surface area contributed by atoms with Gasteiger partial charge in [-0.3, -0.25) is 15.2 Å². The first-order valence-electron chi connectivity index (χ1n) is 8.94. The first-order valence-corrected chi connectivity index (χ1v) is 9.76. The quantitative estimate of drug-likeness (QED) is 0.623. The molecule has 0 fully saturated rings. The maximum Gasteiger partial charge on any atom is 0.321 e. The van der Waals surface area contributed by atoms with E-state index in [9.17, 15) is 9.59 Å². The van der Waals surface area contributed by atoms with Gasteiger partial charge in [-0.25, -0.2) is 9.78 Å². The fraction of sp³-hybridized carbons (Fsp3) is 0.333. The number of fused-ring (bicyclic) bond motifs is 1. The summed E-state index contributed by atoms with van der Waals surface area (Å²) in [4.78, 5) is 31.9. The first kappa shape index (κ1) is 18.2. The highest BCUT2D eigenvalue weighted by Gasteiger charge is 2.27. The summed E-state index contributed by atoms with van der Waals surface area (Å²) in [6.45, 7) is 4.78. The van der Waals surface area contributed by atoms with E-state index in [0.29, 0.717) is 41.8 Å². The third-order valence-corrected chi connectivity index (χ3v) is 5.24. The van der Waals surface area contributed by atoms with E-state index in [0.717, 1.165) is 10.6 Å². The molecule has 3 N–H and O–H groups in total. The van der Waals surface area contributed by atoms with Crippen LogP contribution >= 0.6 is 11.3 Å². The van der Waals surface area contributed by atoms with Gasteiger partial charge in [0.25, 0.3) is 5.91 Å². The van der Waals surface area contributed by atoms with Gasteiger partial charge in [-0.05, 0) is 26.0 Å². The summed E-state index contributed by atoms with van der Waals surface area (Å²) < 4.78 is 5.32. The van der Waals surface area contributed by atoms with Crippen LogP contribution in [0.3, 0.4) is 0 Å². The van der Waals surface area contributed by atoms with Crippen LogP contribution in [-0.4, -0.2) is 44.6 Å². The van der Waals surface area contributed by atoms with Crippen molar-refractivity contribution in [2.75, 3.05) is 11.9 Å². The predicted molar refractivity (Wildman–Crippen MR) is 104 cm³/mol. The molecule has 0 aliphatic carbocycles. The van der Waals surface area contributed by atoms with Crippen molar-refractivity contribution in [2.24, 2.45) is 0 Å². The minimum absolute atomic E-state index is 0.0441. The lowest BCUT2D eigenvalue weighted by molar-refractivity contribution is 0.0730. The standard InChI is InChI=1S/C18H20N6O3S/c1-10(2)19-17(26)21-18-20-11-5-6-24(9-15(11)28-18)16(25)13-8-12(22-23-13)14-4-3-7-27-14/h3-4,7-8,10H,5-6,9H2,1-2H3,(H,22,23)(H2,19,20,21,26). The molecular formula is C18H20N6O3S. The molecule has 3 aromatic rings. The Morgan fingerprint density at radius 1 is 1.39 bits per heavy atom. The molecule has 0 radical (unpaired) electrons. The molecule has 0 spiro atoms. The number of H-pyrrole nitrogens is 1. The van der Waals surface area contributed by atoms with Crippen LogP contribution in [0.15, 0.2) is 28.9 Å². The molecule has 4 rings (SSSR count). The Labute approximate surface area is 165 Å². The number of aromatic nitrogens is 3. The third-order valence-electron chi connectivity index (χ3n) is 4.24. The molecule has 0 atom stereocenters. The normalized spacial score (nSPS) is 13.5. The van der Waals surface area contributed by atoms with Crippen LogP contribution in [0, 0.1) is 0 Å². The Morgan fingerprint density at radius 3 is 3.00 bits per heavy atom. The number of amides is 3. The number of hydrogen-bond donors (Lipinski definition) is 3. The second-order valence-corrected chi connectivity index (χ2v) is 7.85. The summed E-state index contributed by atoms with van der Waals surface area (Å²) in [5, 5.41) is 13.0. The van der Waals surface area contributed by atoms with Crippen molar-refractivity contribution in [3.8, 4) is 11.5 Å². The Balaban J connectivity index is 1.44. The lowest BCUT2D eigenvalue weighted by atomic mass is 10.1. The number of carbonyl (C=O) groups is 2. The number of nitrogens with zero attached hydrogens (tertiary/aromatic N) is 3. The average molecular weight is 400 g/mol. The highest BCUT2D eigenvalue weighted by molar-refractivity contribution is 7.15. The summed E-state index contributed by atoms with van der Waals surface area (Å²) in [6, 6.07) is 5.03. The van der Waals surface area contributed by atoms with E-state index in [1.807, 2.05) is 13.8 Å². The lowest BCUT2D eigenvalue weighted by Gasteiger charge is -2.25. The molecule has 28 heavy (non-hydrogen) atoms. The van der Waals surface area contributed by atoms with Gasteiger partial charge < -0.3 is 14.6 Å². The number of nitrogens with one attached hydrogen (secondary N) is 3. The van der Waals surface area contributed by atoms with Gasteiger partial charge in [-0.15, -0.1) is 0 Å². The predicted octanol–water partition coefficient (Wildman–Crippen LogP) is 2.85. The van der Waals surface area contributed by atoms with Gasteiger partial charge in [0.2, 0.25) is 0 Å². The lowest BCUT2D eigenvalue weighted by Crippen LogP contribution is -2.35. The number of hydrogen-bond acceptors (Lipinski definition) is 6. The molecule has 10 heteroatoms. The van der Waals surface area contributed by atoms with Crippen molar-refractivity contribution in [3.63, 3.8) is 0 Å². The van der Waals surface area contributed by atoms with Crippen molar-refractivity contribution in [1.29, 1.82) is 0 Å². The molecule has 0 bridgehead atoms. The second-order valence-electron chi connectivity index (χ2n) is 6.76. The van der Waals surface area contributed by atoms with Crippen LogP contribution in [0.25, 0.3) is 11.5 Å². The topological polar surface area (TPSA) is 116 Å². The molecule has 9 nitrogen and oxygen atoms in total. The Kier molecular flexibility index (Phi) is 4.86. The fourth-order valence-corrected chi connectivity index (χ4v) is 3.99. The average Bonchev–Trinajstić information content (AvgIpc) is 3.38. The molecule has 146 valence electrons. The van der Waals surface area contributed by atoms with Crippen molar-refractivity contribution in [2.45, 2.75) is 32.9 Å². The number of carbonyl (C=O) groups excluding carboxylic acids is 2. The largest absolute Gasteiger partial charge is 0.463 e. The van der Waals surface area contributed by atoms with Gasteiger partial charge in [-0.2, -0.15) is 5.10 Å². The van der Waals surface area contributed by atoms with Crippen LogP contribution in [0.1, 0.15) is 34.9 Å². The van der Waals surface area contributed by atoms with Crippen LogP contribution in [0.4, 0.5) is 9.93 Å². The van der Waals surface area contributed by atoms with Gasteiger partial charge in [0, 0.05) is 30.0 Å². The molecule has 0 saturated heterocycles. The fourth-order valence-electron chi connectivity index (χ4n) is 2.97. The zero-order chi connectivity index (χ0) is 19.7. The number of rotatable bonds is 4. The van der Waals surface area contributed by atoms with Gasteiger partial charge >= 0.3 is 6.03 Å². The van der Waals surface area contributed by atoms with E-state index in [2.05, 4.69) is 25.8 Å². The van der Waals surface area contributed by atoms with Crippen molar-refractivity contribution >= 4 is 28.4 Å². The number of furan rings is 1. The SMILES string of the molecule is CC(C)NC(=O)Nc1nc2c(s1)CN(C(=O)c1cc(-c3ccco3)[nH]n1)CC2. The molecular weight excluding hydrogens is 380 g/mol. The van der Waals surface area contributed by atoms with Crippen LogP contribution in [-0.2, 0) is 13.0 Å². The van der Waals surface area contributed by atoms with Crippen LogP contribution in [0.5, 0.6) is 0 Å². The van der Waals surface area contributed by atoms with Crippen LogP contribution in [0.2, 0.25) is 0 Å². The minimum atomic E-state index is -0.281. The van der Waals surface area contributed by atoms with Gasteiger partial charge in [0.05, 0.1) is 18.5 Å². The van der Waals surface area contributed by atoms with E-state index >= 15 is 0 Å². The molecule has 3 amide bonds. The van der Waals surface area contributed by atoms with E-state index in [4.69, 9.17) is 4.42 Å². The first-order chi connectivity index (χ1) is 13.5. The number of thiazole rings is 1. The monoisotopic (exact) mass is 400 g/mol. The molecule has 0 unspecified atom stereocenters. The maximum atomic E-state index is 12.8. The summed E-state index contributed by atoms with van der Waals surface area (Å²) in [7, 11) is 0. The molecule has 3 aromatic heterocycles. The van der Waals surface area contributed by atoms with Gasteiger partial charge in [0.1, 0.15) is 5.69 Å². The second kappa shape index (κ2) is 7.47. The third kappa shape index (κ3) is 3.77. The zero-order valence-corrected chi connectivity index (χ0v) is 16.3. The van der Waals surface area contributed by atoms with E-state index in [1.165, 1.54) is 11.3 Å². The molecule has 4 heterocycles. The van der Waals surface area contributed by atoms with Gasteiger partial charge in [0.15, 0.2) is 16.6 Å². The highest BCUT2D eigenvalue weighted by atomic mass is 32.1. The van der Waals surface area contributed by atoms with E-state index in [1.54, 1.807) is 29.4 Å². The minimum Gasteiger partial charge on any atom is -0.463 e. The van der Waals surface area contributed by atoms with E-state index in [-0.39, 0.29) is 18.0 Å². The molecule has 1 aliphatic heterocycles. The van der Waals surface area contributed by atoms with Crippen molar-refractivity contribution in [1.82, 2.24) is 25.4 Å². The Bertz CT molecular complexity index is 991. The molecule has 1 aliphatic rings. The molecule has 0 saturated carbocycles. The Hall–Kier alpha value is -3.14. The maximum absolute atomic E-state index is 12.8. The number of urea groups is 1.